The molecule has 1 heterocycles. The molecule has 0 saturated carbocycles. The molecule has 178 valence electrons. The Kier molecular flexibility index (Phi) is 8.30. The number of hydrogen-bond acceptors (Lipinski definition) is 2. The lowest BCUT2D eigenvalue weighted by Crippen LogP contribution is -2.46. The number of benzene rings is 4. The van der Waals surface area contributed by atoms with Gasteiger partial charge in [-0.05, 0) is 55.3 Å². The molecule has 4 aromatic carbocycles. The molecule has 0 radical (unpaired) electrons. The highest BCUT2D eigenvalue weighted by atomic mass is 35.5. The van der Waals surface area contributed by atoms with E-state index in [1.165, 1.54) is 0 Å². The Hall–Kier alpha value is -3.47. The zero-order chi connectivity index (χ0) is 24.6. The fourth-order valence-electron chi connectivity index (χ4n) is 4.14. The number of rotatable bonds is 3. The van der Waals surface area contributed by atoms with Crippen molar-refractivity contribution in [2.75, 3.05) is 15.5 Å². The van der Waals surface area contributed by atoms with Gasteiger partial charge >= 0.3 is 6.03 Å². The highest BCUT2D eigenvalue weighted by Crippen LogP contribution is 2.39. The molecule has 1 aliphatic heterocycles. The SMILES string of the molecule is CC1CC(Nc2ccccc2)c2ccccc2N1C(=O)Nc1ccc(Cl)c(Cl)c1.c1ccccc1. The van der Waals surface area contributed by atoms with Crippen molar-refractivity contribution in [1.82, 2.24) is 0 Å². The van der Waals surface area contributed by atoms with E-state index in [0.29, 0.717) is 15.7 Å². The number of carbonyl (C=O) groups is 1. The highest BCUT2D eigenvalue weighted by molar-refractivity contribution is 6.42. The van der Waals surface area contributed by atoms with Gasteiger partial charge in [0.05, 0.1) is 21.8 Å². The molecule has 0 fully saturated rings. The molecule has 1 aliphatic rings. The van der Waals surface area contributed by atoms with Crippen LogP contribution in [0.5, 0.6) is 0 Å². The normalized spacial score (nSPS) is 16.4. The average Bonchev–Trinajstić information content (AvgIpc) is 2.88. The van der Waals surface area contributed by atoms with Gasteiger partial charge in [-0.15, -0.1) is 0 Å². The van der Waals surface area contributed by atoms with Crippen molar-refractivity contribution in [3.63, 3.8) is 0 Å². The average molecular weight is 504 g/mol. The van der Waals surface area contributed by atoms with Crippen molar-refractivity contribution >= 4 is 46.3 Å². The van der Waals surface area contributed by atoms with Crippen LogP contribution in [0.25, 0.3) is 0 Å². The first-order chi connectivity index (χ1) is 17.0. The van der Waals surface area contributed by atoms with Crippen LogP contribution in [-0.4, -0.2) is 12.1 Å². The third kappa shape index (κ3) is 6.36. The van der Waals surface area contributed by atoms with E-state index >= 15 is 0 Å². The number of amides is 2. The number of para-hydroxylation sites is 2. The first kappa shape index (κ1) is 24.6. The highest BCUT2D eigenvalue weighted by Gasteiger charge is 2.33. The van der Waals surface area contributed by atoms with E-state index in [1.54, 1.807) is 23.1 Å². The van der Waals surface area contributed by atoms with Crippen LogP contribution in [0.3, 0.4) is 0 Å². The standard InChI is InChI=1S/C23H21Cl2N3O.C6H6/c1-15-13-21(26-16-7-3-2-4-8-16)18-9-5-6-10-22(18)28(15)23(29)27-17-11-12-19(24)20(25)14-17;1-2-4-6-5-3-1/h2-12,14-15,21,26H,13H2,1H3,(H,27,29);1-6H. The molecule has 0 bridgehead atoms. The molecule has 2 atom stereocenters. The summed E-state index contributed by atoms with van der Waals surface area (Å²) in [6.45, 7) is 2.06. The van der Waals surface area contributed by atoms with Crippen LogP contribution < -0.4 is 15.5 Å². The Morgan fingerprint density at radius 1 is 0.771 bits per heavy atom. The first-order valence-electron chi connectivity index (χ1n) is 11.5. The summed E-state index contributed by atoms with van der Waals surface area (Å²) in [7, 11) is 0. The smallest absolute Gasteiger partial charge is 0.326 e. The van der Waals surface area contributed by atoms with Gasteiger partial charge in [0.25, 0.3) is 0 Å². The molecule has 2 unspecified atom stereocenters. The van der Waals surface area contributed by atoms with Crippen molar-refractivity contribution in [3.8, 4) is 0 Å². The minimum absolute atomic E-state index is 0.00823. The van der Waals surface area contributed by atoms with Crippen LogP contribution >= 0.6 is 23.2 Å². The van der Waals surface area contributed by atoms with Crippen LogP contribution in [0.1, 0.15) is 24.9 Å². The summed E-state index contributed by atoms with van der Waals surface area (Å²) in [5.74, 6) is 0. The maximum atomic E-state index is 13.1. The van der Waals surface area contributed by atoms with Crippen molar-refractivity contribution in [1.29, 1.82) is 0 Å². The van der Waals surface area contributed by atoms with Gasteiger partial charge in [-0.3, -0.25) is 4.90 Å². The topological polar surface area (TPSA) is 44.4 Å². The fraction of sp³-hybridized carbons (Fsp3) is 0.138. The minimum atomic E-state index is -0.193. The molecule has 35 heavy (non-hydrogen) atoms. The minimum Gasteiger partial charge on any atom is -0.378 e. The Bertz CT molecular complexity index is 1220. The van der Waals surface area contributed by atoms with Crippen LogP contribution in [0.2, 0.25) is 10.0 Å². The second kappa shape index (κ2) is 11.8. The summed E-state index contributed by atoms with van der Waals surface area (Å²) in [6.07, 6.45) is 0.792. The molecule has 0 spiro atoms. The Balaban J connectivity index is 0.000000421. The number of nitrogens with one attached hydrogen (secondary N) is 2. The maximum Gasteiger partial charge on any atom is 0.326 e. The predicted molar refractivity (Wildman–Crippen MR) is 148 cm³/mol. The number of anilines is 3. The number of hydrogen-bond donors (Lipinski definition) is 2. The predicted octanol–water partition coefficient (Wildman–Crippen LogP) is 8.66. The molecular formula is C29H27Cl2N3O. The lowest BCUT2D eigenvalue weighted by Gasteiger charge is -2.39. The molecule has 5 rings (SSSR count). The fourth-order valence-corrected chi connectivity index (χ4v) is 4.43. The van der Waals surface area contributed by atoms with Crippen LogP contribution in [0, 0.1) is 0 Å². The molecule has 0 saturated heterocycles. The zero-order valence-electron chi connectivity index (χ0n) is 19.4. The van der Waals surface area contributed by atoms with E-state index in [-0.39, 0.29) is 18.1 Å². The summed E-state index contributed by atoms with van der Waals surface area (Å²) in [5.41, 5.74) is 3.67. The molecular weight excluding hydrogens is 477 g/mol. The lowest BCUT2D eigenvalue weighted by atomic mass is 9.91. The van der Waals surface area contributed by atoms with Gasteiger partial charge in [-0.1, -0.05) is 96.0 Å². The van der Waals surface area contributed by atoms with Gasteiger partial charge in [-0.2, -0.15) is 0 Å². The maximum absolute atomic E-state index is 13.1. The molecule has 0 aromatic heterocycles. The molecule has 6 heteroatoms. The van der Waals surface area contributed by atoms with E-state index in [0.717, 1.165) is 23.4 Å². The van der Waals surface area contributed by atoms with E-state index in [9.17, 15) is 4.79 Å². The Morgan fingerprint density at radius 3 is 2.03 bits per heavy atom. The van der Waals surface area contributed by atoms with Crippen LogP contribution in [0.4, 0.5) is 21.9 Å². The van der Waals surface area contributed by atoms with Gasteiger partial charge in [0.1, 0.15) is 0 Å². The number of carbonyl (C=O) groups excluding carboxylic acids is 1. The summed E-state index contributed by atoms with van der Waals surface area (Å²) in [4.78, 5) is 14.9. The molecule has 0 aliphatic carbocycles. The molecule has 4 nitrogen and oxygen atoms in total. The number of nitrogens with zero attached hydrogens (tertiary/aromatic N) is 1. The van der Waals surface area contributed by atoms with E-state index < -0.39 is 0 Å². The Morgan fingerprint density at radius 2 is 1.37 bits per heavy atom. The number of urea groups is 1. The van der Waals surface area contributed by atoms with Gasteiger partial charge in [0.15, 0.2) is 0 Å². The third-order valence-electron chi connectivity index (χ3n) is 5.76. The van der Waals surface area contributed by atoms with Crippen LogP contribution in [0.15, 0.2) is 109 Å². The van der Waals surface area contributed by atoms with Gasteiger partial charge < -0.3 is 10.6 Å². The quantitative estimate of drug-likeness (QED) is 0.293. The van der Waals surface area contributed by atoms with E-state index in [4.69, 9.17) is 23.2 Å². The Labute approximate surface area is 216 Å². The van der Waals surface area contributed by atoms with Gasteiger partial charge in [-0.25, -0.2) is 4.79 Å². The second-order valence-electron chi connectivity index (χ2n) is 8.29. The van der Waals surface area contributed by atoms with Gasteiger partial charge in [0.2, 0.25) is 0 Å². The number of halogens is 2. The van der Waals surface area contributed by atoms with Crippen LogP contribution in [-0.2, 0) is 0 Å². The van der Waals surface area contributed by atoms with E-state index in [1.807, 2.05) is 72.8 Å². The summed E-state index contributed by atoms with van der Waals surface area (Å²) >= 11 is 12.1. The second-order valence-corrected chi connectivity index (χ2v) is 9.10. The summed E-state index contributed by atoms with van der Waals surface area (Å²) in [6, 6.07) is 35.1. The monoisotopic (exact) mass is 503 g/mol. The summed E-state index contributed by atoms with van der Waals surface area (Å²) in [5, 5.41) is 7.40. The first-order valence-corrected chi connectivity index (χ1v) is 12.2. The molecule has 2 N–H and O–H groups in total. The third-order valence-corrected chi connectivity index (χ3v) is 6.50. The number of fused-ring (bicyclic) bond motifs is 1. The largest absolute Gasteiger partial charge is 0.378 e. The molecule has 2 amide bonds. The van der Waals surface area contributed by atoms with Gasteiger partial charge in [0, 0.05) is 17.4 Å². The van der Waals surface area contributed by atoms with Crippen molar-refractivity contribution < 1.29 is 4.79 Å². The van der Waals surface area contributed by atoms with Crippen molar-refractivity contribution in [2.45, 2.75) is 25.4 Å². The lowest BCUT2D eigenvalue weighted by molar-refractivity contribution is 0.254. The van der Waals surface area contributed by atoms with Crippen molar-refractivity contribution in [2.24, 2.45) is 0 Å². The zero-order valence-corrected chi connectivity index (χ0v) is 20.9. The van der Waals surface area contributed by atoms with Crippen molar-refractivity contribution in [3.05, 3.63) is 125 Å². The summed E-state index contributed by atoms with van der Waals surface area (Å²) < 4.78 is 0. The van der Waals surface area contributed by atoms with E-state index in [2.05, 4.69) is 35.8 Å². The molecule has 4 aromatic rings.